The monoisotopic (exact) mass is 415 g/mol. The van der Waals surface area contributed by atoms with E-state index in [1.165, 1.54) is 10.6 Å². The number of hydrogen-bond acceptors (Lipinski definition) is 6. The van der Waals surface area contributed by atoms with Gasteiger partial charge in [0.25, 0.3) is 5.91 Å². The third-order valence-electron chi connectivity index (χ3n) is 4.81. The smallest absolute Gasteiger partial charge is 0.253 e. The fraction of sp³-hybridized carbons (Fsp3) is 0.316. The SMILES string of the molecule is O=C(NCc1ccccc1CS(=O)(=O)N1CCOCC1)c1ccc2nncn2c1. The molecule has 1 aliphatic rings. The number of carbonyl (C=O) groups excluding carboxylic acids is 1. The summed E-state index contributed by atoms with van der Waals surface area (Å²) in [6, 6.07) is 10.6. The lowest BCUT2D eigenvalue weighted by Crippen LogP contribution is -2.41. The lowest BCUT2D eigenvalue weighted by molar-refractivity contribution is 0.0729. The Balaban J connectivity index is 1.46. The summed E-state index contributed by atoms with van der Waals surface area (Å²) in [5.74, 6) is -0.363. The largest absolute Gasteiger partial charge is 0.379 e. The second-order valence-electron chi connectivity index (χ2n) is 6.73. The first-order valence-electron chi connectivity index (χ1n) is 9.23. The van der Waals surface area contributed by atoms with Gasteiger partial charge in [-0.2, -0.15) is 4.31 Å². The highest BCUT2D eigenvalue weighted by Gasteiger charge is 2.25. The molecule has 10 heteroatoms. The van der Waals surface area contributed by atoms with Crippen molar-refractivity contribution in [2.45, 2.75) is 12.3 Å². The summed E-state index contributed by atoms with van der Waals surface area (Å²) in [5, 5.41) is 10.6. The number of pyridine rings is 1. The molecule has 1 aromatic carbocycles. The molecule has 152 valence electrons. The summed E-state index contributed by atoms with van der Waals surface area (Å²) in [6.45, 7) is 1.79. The molecule has 0 bridgehead atoms. The molecule has 1 amide bonds. The number of aromatic nitrogens is 3. The Labute approximate surface area is 168 Å². The topological polar surface area (TPSA) is 106 Å². The van der Waals surface area contributed by atoms with Crippen LogP contribution in [0, 0.1) is 0 Å². The molecule has 0 aliphatic carbocycles. The molecule has 1 fully saturated rings. The minimum absolute atomic E-state index is 0.105. The summed E-state index contributed by atoms with van der Waals surface area (Å²) >= 11 is 0. The summed E-state index contributed by atoms with van der Waals surface area (Å²) in [5.41, 5.74) is 2.56. The van der Waals surface area contributed by atoms with E-state index >= 15 is 0 Å². The summed E-state index contributed by atoms with van der Waals surface area (Å²) in [6.07, 6.45) is 3.18. The van der Waals surface area contributed by atoms with E-state index in [0.29, 0.717) is 43.1 Å². The third kappa shape index (κ3) is 4.44. The Morgan fingerprint density at radius 2 is 1.86 bits per heavy atom. The number of nitrogens with one attached hydrogen (secondary N) is 1. The van der Waals surface area contributed by atoms with Crippen molar-refractivity contribution < 1.29 is 17.9 Å². The Hall–Kier alpha value is -2.82. The predicted octanol–water partition coefficient (Wildman–Crippen LogP) is 0.821. The van der Waals surface area contributed by atoms with E-state index in [1.54, 1.807) is 34.9 Å². The van der Waals surface area contributed by atoms with E-state index in [-0.39, 0.29) is 18.2 Å². The maximum Gasteiger partial charge on any atom is 0.253 e. The van der Waals surface area contributed by atoms with Crippen LogP contribution in [0.3, 0.4) is 0 Å². The number of ether oxygens (including phenoxy) is 1. The molecule has 3 aromatic rings. The van der Waals surface area contributed by atoms with Crippen LogP contribution in [-0.4, -0.2) is 59.5 Å². The lowest BCUT2D eigenvalue weighted by atomic mass is 10.1. The van der Waals surface area contributed by atoms with Gasteiger partial charge in [0.05, 0.1) is 24.5 Å². The van der Waals surface area contributed by atoms with Crippen molar-refractivity contribution in [1.82, 2.24) is 24.2 Å². The minimum atomic E-state index is -3.44. The van der Waals surface area contributed by atoms with Gasteiger partial charge in [-0.15, -0.1) is 10.2 Å². The molecule has 1 N–H and O–H groups in total. The van der Waals surface area contributed by atoms with Crippen LogP contribution in [0.2, 0.25) is 0 Å². The molecule has 0 saturated carbocycles. The number of hydrogen-bond donors (Lipinski definition) is 1. The van der Waals surface area contributed by atoms with Crippen LogP contribution in [0.25, 0.3) is 5.65 Å². The number of carbonyl (C=O) groups is 1. The van der Waals surface area contributed by atoms with Gasteiger partial charge in [-0.05, 0) is 23.3 Å². The fourth-order valence-electron chi connectivity index (χ4n) is 3.22. The molecule has 4 rings (SSSR count). The van der Waals surface area contributed by atoms with E-state index in [1.807, 2.05) is 12.1 Å². The van der Waals surface area contributed by atoms with Crippen LogP contribution in [0.1, 0.15) is 21.5 Å². The Morgan fingerprint density at radius 3 is 2.66 bits per heavy atom. The van der Waals surface area contributed by atoms with Crippen LogP contribution in [-0.2, 0) is 27.1 Å². The minimum Gasteiger partial charge on any atom is -0.379 e. The van der Waals surface area contributed by atoms with Crippen molar-refractivity contribution in [2.75, 3.05) is 26.3 Å². The molecular weight excluding hydrogens is 394 g/mol. The predicted molar refractivity (Wildman–Crippen MR) is 106 cm³/mol. The van der Waals surface area contributed by atoms with Crippen molar-refractivity contribution in [3.63, 3.8) is 0 Å². The molecule has 3 heterocycles. The second kappa shape index (κ2) is 8.27. The second-order valence-corrected chi connectivity index (χ2v) is 8.70. The molecule has 0 unspecified atom stereocenters. The zero-order valence-electron chi connectivity index (χ0n) is 15.7. The van der Waals surface area contributed by atoms with E-state index in [4.69, 9.17) is 4.74 Å². The van der Waals surface area contributed by atoms with Crippen LogP contribution in [0.5, 0.6) is 0 Å². The van der Waals surface area contributed by atoms with Crippen LogP contribution >= 0.6 is 0 Å². The van der Waals surface area contributed by atoms with E-state index < -0.39 is 10.0 Å². The molecule has 1 aliphatic heterocycles. The average Bonchev–Trinajstić information content (AvgIpc) is 3.21. The Morgan fingerprint density at radius 1 is 1.10 bits per heavy atom. The maximum absolute atomic E-state index is 12.7. The van der Waals surface area contributed by atoms with Gasteiger partial charge in [0.15, 0.2) is 5.65 Å². The summed E-state index contributed by atoms with van der Waals surface area (Å²) < 4.78 is 33.8. The molecule has 0 spiro atoms. The molecule has 0 atom stereocenters. The molecular formula is C19H21N5O4S. The van der Waals surface area contributed by atoms with Gasteiger partial charge in [-0.3, -0.25) is 9.20 Å². The third-order valence-corrected chi connectivity index (χ3v) is 6.64. The average molecular weight is 415 g/mol. The maximum atomic E-state index is 12.7. The molecule has 29 heavy (non-hydrogen) atoms. The number of fused-ring (bicyclic) bond motifs is 1. The zero-order chi connectivity index (χ0) is 20.3. The van der Waals surface area contributed by atoms with Crippen LogP contribution < -0.4 is 5.32 Å². The van der Waals surface area contributed by atoms with Crippen molar-refractivity contribution in [2.24, 2.45) is 0 Å². The van der Waals surface area contributed by atoms with Crippen LogP contribution in [0.15, 0.2) is 48.9 Å². The Bertz CT molecular complexity index is 1120. The summed E-state index contributed by atoms with van der Waals surface area (Å²) in [7, 11) is -3.44. The van der Waals surface area contributed by atoms with Crippen molar-refractivity contribution in [1.29, 1.82) is 0 Å². The van der Waals surface area contributed by atoms with Crippen LogP contribution in [0.4, 0.5) is 0 Å². The molecule has 2 aromatic heterocycles. The van der Waals surface area contributed by atoms with Gasteiger partial charge in [0.2, 0.25) is 10.0 Å². The van der Waals surface area contributed by atoms with Gasteiger partial charge in [0.1, 0.15) is 6.33 Å². The molecule has 0 radical (unpaired) electrons. The standard InChI is InChI=1S/C19H21N5O4S/c25-19(16-5-6-18-22-21-14-23(18)12-16)20-11-15-3-1-2-4-17(15)13-29(26,27)24-7-9-28-10-8-24/h1-6,12,14H,7-11,13H2,(H,20,25). The normalized spacial score (nSPS) is 15.4. The first-order valence-corrected chi connectivity index (χ1v) is 10.8. The number of benzene rings is 1. The van der Waals surface area contributed by atoms with Crippen molar-refractivity contribution >= 4 is 21.6 Å². The molecule has 9 nitrogen and oxygen atoms in total. The van der Waals surface area contributed by atoms with Crippen molar-refractivity contribution in [3.8, 4) is 0 Å². The highest BCUT2D eigenvalue weighted by molar-refractivity contribution is 7.88. The number of sulfonamides is 1. The zero-order valence-corrected chi connectivity index (χ0v) is 16.5. The van der Waals surface area contributed by atoms with Gasteiger partial charge >= 0.3 is 0 Å². The van der Waals surface area contributed by atoms with Gasteiger partial charge in [0, 0.05) is 25.8 Å². The van der Waals surface area contributed by atoms with E-state index in [0.717, 1.165) is 5.56 Å². The van der Waals surface area contributed by atoms with Gasteiger partial charge in [-0.25, -0.2) is 8.42 Å². The first-order chi connectivity index (χ1) is 14.0. The highest BCUT2D eigenvalue weighted by Crippen LogP contribution is 2.17. The fourth-order valence-corrected chi connectivity index (χ4v) is 4.79. The number of morpholine rings is 1. The highest BCUT2D eigenvalue weighted by atomic mass is 32.2. The van der Waals surface area contributed by atoms with Gasteiger partial charge < -0.3 is 10.1 Å². The number of amides is 1. The first kappa shape index (κ1) is 19.5. The number of rotatable bonds is 6. The quantitative estimate of drug-likeness (QED) is 0.639. The Kier molecular flexibility index (Phi) is 5.56. The van der Waals surface area contributed by atoms with Crippen molar-refractivity contribution in [3.05, 3.63) is 65.6 Å². The molecule has 1 saturated heterocycles. The summed E-state index contributed by atoms with van der Waals surface area (Å²) in [4.78, 5) is 12.5. The number of nitrogens with zero attached hydrogens (tertiary/aromatic N) is 4. The lowest BCUT2D eigenvalue weighted by Gasteiger charge is -2.26. The van der Waals surface area contributed by atoms with E-state index in [2.05, 4.69) is 15.5 Å². The van der Waals surface area contributed by atoms with Gasteiger partial charge in [-0.1, -0.05) is 24.3 Å². The van der Waals surface area contributed by atoms with E-state index in [9.17, 15) is 13.2 Å².